The Morgan fingerprint density at radius 3 is 3.09 bits per heavy atom. The molecule has 0 aromatic carbocycles. The number of hydrogen-bond donors (Lipinski definition) is 1. The molecular weight excluding hydrogens is 298 g/mol. The van der Waals surface area contributed by atoms with Crippen molar-refractivity contribution in [3.05, 3.63) is 29.7 Å². The molecule has 1 atom stereocenters. The average molecular weight is 319 g/mol. The fraction of sp³-hybridized carbons (Fsp3) is 0.500. The summed E-state index contributed by atoms with van der Waals surface area (Å²) in [5.74, 6) is 0.129. The largest absolute Gasteiger partial charge is 0.472 e. The molecular formula is C16H21N3O2S. The lowest BCUT2D eigenvalue weighted by Crippen LogP contribution is -2.54. The number of nitrogens with two attached hydrogens (primary N) is 1. The minimum Gasteiger partial charge on any atom is -0.472 e. The third-order valence-electron chi connectivity index (χ3n) is 4.32. The van der Waals surface area contributed by atoms with Gasteiger partial charge in [-0.2, -0.15) is 0 Å². The monoisotopic (exact) mass is 319 g/mol. The molecule has 2 aromatic rings. The minimum absolute atomic E-state index is 0.0298. The molecule has 0 saturated carbocycles. The zero-order valence-electron chi connectivity index (χ0n) is 12.9. The van der Waals surface area contributed by atoms with Crippen LogP contribution in [0, 0.1) is 5.41 Å². The highest BCUT2D eigenvalue weighted by atomic mass is 32.1. The molecule has 118 valence electrons. The molecule has 1 unspecified atom stereocenters. The third kappa shape index (κ3) is 3.08. The van der Waals surface area contributed by atoms with Crippen molar-refractivity contribution in [3.8, 4) is 10.6 Å². The molecule has 22 heavy (non-hydrogen) atoms. The maximum Gasteiger partial charge on any atom is 0.228 e. The second-order valence-corrected chi connectivity index (χ2v) is 7.39. The molecule has 2 N–H and O–H groups in total. The lowest BCUT2D eigenvalue weighted by atomic mass is 9.79. The van der Waals surface area contributed by atoms with Crippen molar-refractivity contribution >= 4 is 17.2 Å². The number of hydrogen-bond acceptors (Lipinski definition) is 5. The predicted molar refractivity (Wildman–Crippen MR) is 86.5 cm³/mol. The second kappa shape index (κ2) is 5.85. The van der Waals surface area contributed by atoms with Crippen molar-refractivity contribution in [1.29, 1.82) is 0 Å². The second-order valence-electron chi connectivity index (χ2n) is 6.53. The van der Waals surface area contributed by atoms with Gasteiger partial charge in [-0.1, -0.05) is 13.8 Å². The van der Waals surface area contributed by atoms with Crippen molar-refractivity contribution in [2.45, 2.75) is 32.7 Å². The molecule has 0 spiro atoms. The highest BCUT2D eigenvalue weighted by Gasteiger charge is 2.35. The first kappa shape index (κ1) is 15.2. The van der Waals surface area contributed by atoms with Crippen molar-refractivity contribution in [3.63, 3.8) is 0 Å². The van der Waals surface area contributed by atoms with Crippen LogP contribution in [0.2, 0.25) is 0 Å². The number of thiazole rings is 1. The van der Waals surface area contributed by atoms with Gasteiger partial charge in [-0.3, -0.25) is 4.79 Å². The van der Waals surface area contributed by atoms with Gasteiger partial charge in [0.15, 0.2) is 0 Å². The van der Waals surface area contributed by atoms with Crippen molar-refractivity contribution in [2.24, 2.45) is 11.1 Å². The van der Waals surface area contributed by atoms with Crippen LogP contribution in [0.15, 0.2) is 28.4 Å². The lowest BCUT2D eigenvalue weighted by molar-refractivity contribution is -0.133. The fourth-order valence-electron chi connectivity index (χ4n) is 2.76. The average Bonchev–Trinajstić information content (AvgIpc) is 3.12. The predicted octanol–water partition coefficient (Wildman–Crippen LogP) is 2.53. The zero-order chi connectivity index (χ0) is 15.7. The van der Waals surface area contributed by atoms with Gasteiger partial charge in [0.05, 0.1) is 18.4 Å². The maximum atomic E-state index is 12.5. The number of furan rings is 1. The molecule has 1 fully saturated rings. The van der Waals surface area contributed by atoms with Gasteiger partial charge in [-0.05, 0) is 17.9 Å². The number of likely N-dealkylation sites (tertiary alicyclic amines) is 1. The Kier molecular flexibility index (Phi) is 4.06. The molecule has 0 bridgehead atoms. The number of carbonyl (C=O) groups excluding carboxylic acids is 1. The highest BCUT2D eigenvalue weighted by Crippen LogP contribution is 2.28. The summed E-state index contributed by atoms with van der Waals surface area (Å²) in [7, 11) is 0. The molecule has 5 nitrogen and oxygen atoms in total. The van der Waals surface area contributed by atoms with Crippen molar-refractivity contribution in [2.75, 3.05) is 13.1 Å². The van der Waals surface area contributed by atoms with Crippen LogP contribution in [0.25, 0.3) is 10.6 Å². The van der Waals surface area contributed by atoms with E-state index in [2.05, 4.69) is 18.8 Å². The molecule has 2 aromatic heterocycles. The third-order valence-corrected chi connectivity index (χ3v) is 5.26. The summed E-state index contributed by atoms with van der Waals surface area (Å²) in [6.07, 6.45) is 4.50. The first-order valence-corrected chi connectivity index (χ1v) is 8.34. The highest BCUT2D eigenvalue weighted by molar-refractivity contribution is 7.13. The van der Waals surface area contributed by atoms with Crippen LogP contribution in [-0.2, 0) is 11.2 Å². The van der Waals surface area contributed by atoms with Crippen LogP contribution >= 0.6 is 11.3 Å². The van der Waals surface area contributed by atoms with E-state index < -0.39 is 0 Å². The quantitative estimate of drug-likeness (QED) is 0.943. The zero-order valence-corrected chi connectivity index (χ0v) is 13.7. The standard InChI is InChI=1S/C16H21N3O2S/c1-16(2)10-19(5-3-13(16)17)14(20)7-12-9-22-15(18-12)11-4-6-21-8-11/h4,6,8-9,13H,3,5,7,10,17H2,1-2H3. The summed E-state index contributed by atoms with van der Waals surface area (Å²) in [6, 6.07) is 2.03. The molecule has 0 aliphatic carbocycles. The molecule has 0 radical (unpaired) electrons. The van der Waals surface area contributed by atoms with Gasteiger partial charge in [0.2, 0.25) is 5.91 Å². The van der Waals surface area contributed by atoms with Crippen molar-refractivity contribution in [1.82, 2.24) is 9.88 Å². The summed E-state index contributed by atoms with van der Waals surface area (Å²) in [6.45, 7) is 5.70. The summed E-state index contributed by atoms with van der Waals surface area (Å²) < 4.78 is 5.07. The Balaban J connectivity index is 1.65. The van der Waals surface area contributed by atoms with E-state index in [4.69, 9.17) is 10.2 Å². The first-order valence-electron chi connectivity index (χ1n) is 7.46. The van der Waals surface area contributed by atoms with Crippen LogP contribution in [0.4, 0.5) is 0 Å². The van der Waals surface area contributed by atoms with Crippen LogP contribution in [-0.4, -0.2) is 34.9 Å². The lowest BCUT2D eigenvalue weighted by Gasteiger charge is -2.42. The number of amides is 1. The van der Waals surface area contributed by atoms with Gasteiger partial charge in [-0.15, -0.1) is 11.3 Å². The smallest absolute Gasteiger partial charge is 0.228 e. The minimum atomic E-state index is -0.0298. The van der Waals surface area contributed by atoms with Crippen LogP contribution in [0.1, 0.15) is 26.0 Å². The van der Waals surface area contributed by atoms with E-state index in [0.29, 0.717) is 13.0 Å². The van der Waals surface area contributed by atoms with Crippen LogP contribution in [0.5, 0.6) is 0 Å². The van der Waals surface area contributed by atoms with E-state index in [-0.39, 0.29) is 17.4 Å². The van der Waals surface area contributed by atoms with Gasteiger partial charge >= 0.3 is 0 Å². The summed E-state index contributed by atoms with van der Waals surface area (Å²) >= 11 is 1.53. The topological polar surface area (TPSA) is 72.4 Å². The Hall–Kier alpha value is -1.66. The summed E-state index contributed by atoms with van der Waals surface area (Å²) in [5, 5.41) is 2.83. The Morgan fingerprint density at radius 2 is 2.41 bits per heavy atom. The molecule has 1 aliphatic rings. The Labute approximate surface area is 134 Å². The Bertz CT molecular complexity index is 648. The summed E-state index contributed by atoms with van der Waals surface area (Å²) in [4.78, 5) is 18.9. The van der Waals surface area contributed by atoms with Gasteiger partial charge in [0.1, 0.15) is 11.3 Å². The van der Waals surface area contributed by atoms with Gasteiger partial charge in [0, 0.05) is 30.1 Å². The van der Waals surface area contributed by atoms with Crippen LogP contribution in [0.3, 0.4) is 0 Å². The van der Waals surface area contributed by atoms with E-state index in [1.165, 1.54) is 11.3 Å². The molecule has 1 amide bonds. The number of piperidine rings is 1. The fourth-order valence-corrected chi connectivity index (χ4v) is 3.57. The molecule has 3 rings (SSSR count). The van der Waals surface area contributed by atoms with E-state index in [0.717, 1.165) is 29.2 Å². The van der Waals surface area contributed by atoms with Gasteiger partial charge < -0.3 is 15.1 Å². The SMILES string of the molecule is CC1(C)CN(C(=O)Cc2csc(-c3ccoc3)n2)CCC1N. The van der Waals surface area contributed by atoms with E-state index in [1.807, 2.05) is 16.3 Å². The molecule has 1 saturated heterocycles. The molecule has 6 heteroatoms. The van der Waals surface area contributed by atoms with E-state index in [9.17, 15) is 4.79 Å². The van der Waals surface area contributed by atoms with Gasteiger partial charge in [-0.25, -0.2) is 4.98 Å². The molecule has 1 aliphatic heterocycles. The maximum absolute atomic E-state index is 12.5. The van der Waals surface area contributed by atoms with E-state index >= 15 is 0 Å². The number of carbonyl (C=O) groups is 1. The normalized spacial score (nSPS) is 21.0. The first-order chi connectivity index (χ1) is 10.5. The number of aromatic nitrogens is 1. The molecule has 3 heterocycles. The van der Waals surface area contributed by atoms with Crippen LogP contribution < -0.4 is 5.73 Å². The number of nitrogens with zero attached hydrogens (tertiary/aromatic N) is 2. The Morgan fingerprint density at radius 1 is 1.59 bits per heavy atom. The van der Waals surface area contributed by atoms with Gasteiger partial charge in [0.25, 0.3) is 0 Å². The van der Waals surface area contributed by atoms with E-state index in [1.54, 1.807) is 12.5 Å². The summed E-state index contributed by atoms with van der Waals surface area (Å²) in [5.41, 5.74) is 7.87. The number of rotatable bonds is 3. The van der Waals surface area contributed by atoms with Crippen molar-refractivity contribution < 1.29 is 9.21 Å².